The summed E-state index contributed by atoms with van der Waals surface area (Å²) < 4.78 is 0. The fourth-order valence-corrected chi connectivity index (χ4v) is 8.64. The molecule has 2 N–H and O–H groups in total. The van der Waals surface area contributed by atoms with E-state index in [2.05, 4.69) is 187 Å². The summed E-state index contributed by atoms with van der Waals surface area (Å²) >= 11 is 0. The van der Waals surface area contributed by atoms with E-state index in [9.17, 15) is 0 Å². The molecule has 0 unspecified atom stereocenters. The third-order valence-corrected chi connectivity index (χ3v) is 11.5. The van der Waals surface area contributed by atoms with Gasteiger partial charge >= 0.3 is 0 Å². The van der Waals surface area contributed by atoms with Crippen LogP contribution in [-0.2, 0) is 0 Å². The van der Waals surface area contributed by atoms with Crippen LogP contribution in [0.5, 0.6) is 0 Å². The van der Waals surface area contributed by atoms with Gasteiger partial charge in [0.2, 0.25) is 0 Å². The second-order valence-electron chi connectivity index (χ2n) is 17.1. The van der Waals surface area contributed by atoms with Crippen molar-refractivity contribution in [2.45, 2.75) is 80.8 Å². The quantitative estimate of drug-likeness (QED) is 0.137. The summed E-state index contributed by atoms with van der Waals surface area (Å²) in [5.74, 6) is 7.27. The van der Waals surface area contributed by atoms with Crippen LogP contribution in [0.3, 0.4) is 0 Å². The van der Waals surface area contributed by atoms with Gasteiger partial charge in [0.1, 0.15) is 16.1 Å². The molecule has 8 bridgehead atoms. The Morgan fingerprint density at radius 1 is 0.426 bits per heavy atom. The summed E-state index contributed by atoms with van der Waals surface area (Å²) in [6.45, 7) is 26.8. The van der Waals surface area contributed by atoms with Gasteiger partial charge in [0, 0.05) is 22.2 Å². The highest BCUT2D eigenvalue weighted by atomic mass is 28.3. The van der Waals surface area contributed by atoms with Crippen LogP contribution in [-0.4, -0.2) is 36.1 Å². The van der Waals surface area contributed by atoms with E-state index in [1.165, 1.54) is 38.9 Å². The summed E-state index contributed by atoms with van der Waals surface area (Å²) in [5, 5.41) is 0. The lowest BCUT2D eigenvalue weighted by Gasteiger charge is -2.13. The molecule has 0 aliphatic carbocycles. The second kappa shape index (κ2) is 13.8. The molecule has 0 spiro atoms. The van der Waals surface area contributed by atoms with Crippen LogP contribution in [0.1, 0.15) is 67.3 Å². The van der Waals surface area contributed by atoms with Gasteiger partial charge in [0.25, 0.3) is 0 Å². The molecule has 0 amide bonds. The Labute approximate surface area is 323 Å². The smallest absolute Gasteiger partial charge is 0.129 e. The van der Waals surface area contributed by atoms with Gasteiger partial charge in [0.15, 0.2) is 0 Å². The third-order valence-electron chi connectivity index (χ3n) is 9.73. The molecule has 5 heterocycles. The maximum absolute atomic E-state index is 5.40. The molecular formula is C48H50N4Si2. The van der Waals surface area contributed by atoms with E-state index in [0.29, 0.717) is 0 Å². The molecule has 2 aliphatic heterocycles. The summed E-state index contributed by atoms with van der Waals surface area (Å²) in [6.07, 6.45) is 8.52. The Kier molecular flexibility index (Phi) is 9.42. The van der Waals surface area contributed by atoms with Crippen molar-refractivity contribution in [2.75, 3.05) is 0 Å². The molecule has 0 fully saturated rings. The minimum atomic E-state index is -1.73. The van der Waals surface area contributed by atoms with Crippen molar-refractivity contribution >= 4 is 62.5 Å². The van der Waals surface area contributed by atoms with Gasteiger partial charge < -0.3 is 9.97 Å². The minimum Gasteiger partial charge on any atom is -0.354 e. The Morgan fingerprint density at radius 2 is 0.759 bits per heavy atom. The number of aryl methyl sites for hydroxylation is 6. The fourth-order valence-electron chi connectivity index (χ4n) is 7.64. The van der Waals surface area contributed by atoms with Crippen molar-refractivity contribution in [1.82, 2.24) is 19.9 Å². The lowest BCUT2D eigenvalue weighted by molar-refractivity contribution is 1.24. The minimum absolute atomic E-state index is 0.850. The summed E-state index contributed by atoms with van der Waals surface area (Å²) in [5.41, 5.74) is 28.3. The SMILES string of the molecule is Cc1cc(C)c(-c2c3nc(c(C#C[Si](C)(C)C)c4ccc([nH]4)c(-c4c(C)cc(C)cc4C)c4ccc([nH]4)c(C#C[Si](C)(C)C)c4nc2C=C4)C=C3)c(C)c1. The van der Waals surface area contributed by atoms with Crippen LogP contribution < -0.4 is 0 Å². The monoisotopic (exact) mass is 738 g/mol. The summed E-state index contributed by atoms with van der Waals surface area (Å²) in [4.78, 5) is 18.5. The van der Waals surface area contributed by atoms with Crippen LogP contribution in [0.4, 0.5) is 0 Å². The van der Waals surface area contributed by atoms with Crippen LogP contribution in [0.15, 0.2) is 48.5 Å². The number of nitrogens with zero attached hydrogens (tertiary/aromatic N) is 2. The van der Waals surface area contributed by atoms with E-state index in [1.54, 1.807) is 0 Å². The lowest BCUT2D eigenvalue weighted by atomic mass is 9.92. The van der Waals surface area contributed by atoms with Gasteiger partial charge in [-0.25, -0.2) is 9.97 Å². The Balaban J connectivity index is 1.73. The predicted octanol–water partition coefficient (Wildman–Crippen LogP) is 12.3. The first-order valence-electron chi connectivity index (χ1n) is 18.8. The molecule has 0 radical (unpaired) electrons. The highest BCUT2D eigenvalue weighted by Crippen LogP contribution is 2.38. The largest absolute Gasteiger partial charge is 0.354 e. The maximum atomic E-state index is 5.40. The molecule has 3 aromatic heterocycles. The molecule has 0 saturated heterocycles. The normalized spacial score (nSPS) is 12.4. The summed E-state index contributed by atoms with van der Waals surface area (Å²) in [7, 11) is -3.47. The number of aromatic nitrogens is 4. The predicted molar refractivity (Wildman–Crippen MR) is 239 cm³/mol. The topological polar surface area (TPSA) is 57.4 Å². The Hall–Kier alpha value is -5.41. The van der Waals surface area contributed by atoms with Crippen molar-refractivity contribution in [1.29, 1.82) is 0 Å². The molecule has 5 aromatic rings. The van der Waals surface area contributed by atoms with Crippen LogP contribution in [0.2, 0.25) is 39.3 Å². The number of H-pyrrole nitrogens is 2. The molecule has 0 saturated carbocycles. The standard InChI is InChI=1S/C48H50N4Si2/c1-29-25-31(3)45(32(4)26-29)47-41-17-13-37(49-41)35(21-23-53(7,8)9)39-15-19-43(51-39)48(46-33(5)27-30(2)28-34(46)6)44-20-16-40(52-44)36(22-24-54(10,11)12)38-14-18-42(47)50-38/h13-20,25-28,49-50H,1-12H3. The number of aromatic amines is 2. The molecule has 2 aliphatic rings. The zero-order valence-electron chi connectivity index (χ0n) is 33.8. The number of nitrogens with one attached hydrogen (secondary N) is 2. The first-order valence-corrected chi connectivity index (χ1v) is 25.8. The van der Waals surface area contributed by atoms with Crippen molar-refractivity contribution in [3.8, 4) is 45.2 Å². The van der Waals surface area contributed by atoms with Gasteiger partial charge in [-0.2, -0.15) is 0 Å². The van der Waals surface area contributed by atoms with Crippen LogP contribution >= 0.6 is 0 Å². The Morgan fingerprint density at radius 3 is 1.13 bits per heavy atom. The Bertz CT molecular complexity index is 2570. The van der Waals surface area contributed by atoms with E-state index in [-0.39, 0.29) is 0 Å². The molecule has 54 heavy (non-hydrogen) atoms. The highest BCUT2D eigenvalue weighted by molar-refractivity contribution is 6.84. The van der Waals surface area contributed by atoms with Crippen molar-refractivity contribution in [3.05, 3.63) is 116 Å². The van der Waals surface area contributed by atoms with Crippen molar-refractivity contribution < 1.29 is 0 Å². The van der Waals surface area contributed by atoms with Gasteiger partial charge in [-0.15, -0.1) is 11.1 Å². The van der Waals surface area contributed by atoms with Crippen molar-refractivity contribution in [3.63, 3.8) is 0 Å². The van der Waals surface area contributed by atoms with Gasteiger partial charge in [-0.05, 0) is 123 Å². The molecule has 2 aromatic carbocycles. The van der Waals surface area contributed by atoms with Gasteiger partial charge in [-0.1, -0.05) is 86.5 Å². The zero-order valence-corrected chi connectivity index (χ0v) is 35.8. The number of hydrogen-bond donors (Lipinski definition) is 2. The first kappa shape index (κ1) is 36.9. The first-order chi connectivity index (χ1) is 25.5. The average molecular weight is 739 g/mol. The van der Waals surface area contributed by atoms with Crippen molar-refractivity contribution in [2.24, 2.45) is 0 Å². The third kappa shape index (κ3) is 7.38. The maximum Gasteiger partial charge on any atom is 0.129 e. The average Bonchev–Trinajstić information content (AvgIpc) is 3.88. The van der Waals surface area contributed by atoms with E-state index >= 15 is 0 Å². The van der Waals surface area contributed by atoms with Crippen LogP contribution in [0, 0.1) is 64.5 Å². The second-order valence-corrected chi connectivity index (χ2v) is 26.6. The number of hydrogen-bond acceptors (Lipinski definition) is 2. The molecular weight excluding hydrogens is 689 g/mol. The van der Waals surface area contributed by atoms with E-state index < -0.39 is 16.1 Å². The fraction of sp³-hybridized carbons (Fsp3) is 0.250. The highest BCUT2D eigenvalue weighted by Gasteiger charge is 2.21. The van der Waals surface area contributed by atoms with E-state index in [4.69, 9.17) is 9.97 Å². The van der Waals surface area contributed by atoms with Gasteiger partial charge in [-0.3, -0.25) is 0 Å². The lowest BCUT2D eigenvalue weighted by Crippen LogP contribution is -2.16. The number of fused-ring (bicyclic) bond motifs is 8. The molecule has 6 heteroatoms. The molecule has 270 valence electrons. The number of rotatable bonds is 2. The zero-order chi connectivity index (χ0) is 38.7. The number of benzene rings is 2. The van der Waals surface area contributed by atoms with E-state index in [1.807, 2.05) is 0 Å². The van der Waals surface area contributed by atoms with Crippen LogP contribution in [0.25, 0.3) is 68.6 Å². The molecule has 0 atom stereocenters. The van der Waals surface area contributed by atoms with E-state index in [0.717, 1.165) is 72.7 Å². The van der Waals surface area contributed by atoms with Gasteiger partial charge in [0.05, 0.1) is 44.9 Å². The molecule has 7 rings (SSSR count). The molecule has 4 nitrogen and oxygen atoms in total. The summed E-state index contributed by atoms with van der Waals surface area (Å²) in [6, 6.07) is 17.8.